The van der Waals surface area contributed by atoms with Gasteiger partial charge in [0, 0.05) is 24.6 Å². The van der Waals surface area contributed by atoms with Gasteiger partial charge in [-0.15, -0.1) is 0 Å². The van der Waals surface area contributed by atoms with E-state index in [1.54, 1.807) is 6.08 Å². The maximum absolute atomic E-state index is 11.9. The van der Waals surface area contributed by atoms with Gasteiger partial charge in [0.1, 0.15) is 0 Å². The first-order chi connectivity index (χ1) is 10.4. The van der Waals surface area contributed by atoms with Crippen molar-refractivity contribution in [2.45, 2.75) is 38.6 Å². The first kappa shape index (κ1) is 16.5. The molecule has 22 heavy (non-hydrogen) atoms. The topological polar surface area (TPSA) is 49.3 Å². The van der Waals surface area contributed by atoms with Gasteiger partial charge < -0.3 is 10.4 Å². The van der Waals surface area contributed by atoms with Crippen LogP contribution in [0.15, 0.2) is 42.5 Å². The fourth-order valence-corrected chi connectivity index (χ4v) is 2.51. The molecule has 0 bridgehead atoms. The van der Waals surface area contributed by atoms with Gasteiger partial charge in [-0.3, -0.25) is 4.79 Å². The van der Waals surface area contributed by atoms with Gasteiger partial charge in [0.25, 0.3) is 0 Å². The molecule has 2 atom stereocenters. The Labute approximate surface area is 132 Å². The van der Waals surface area contributed by atoms with Crippen LogP contribution >= 0.6 is 0 Å². The van der Waals surface area contributed by atoms with E-state index < -0.39 is 0 Å². The van der Waals surface area contributed by atoms with E-state index in [1.807, 2.05) is 30.4 Å². The number of nitrogens with one attached hydrogen (secondary N) is 1. The van der Waals surface area contributed by atoms with Crippen molar-refractivity contribution in [1.82, 2.24) is 5.32 Å². The third-order valence-electron chi connectivity index (χ3n) is 3.94. The maximum Gasteiger partial charge on any atom is 0.244 e. The summed E-state index contributed by atoms with van der Waals surface area (Å²) in [5, 5.41) is 12.0. The molecule has 0 saturated carbocycles. The van der Waals surface area contributed by atoms with Crippen LogP contribution in [-0.2, 0) is 10.2 Å². The summed E-state index contributed by atoms with van der Waals surface area (Å²) in [6.07, 6.45) is 8.07. The SMILES string of the molecule is CC(C)(C)c1ccc(/C=C/C(=O)N[C@@H]2C=C[C@H](CO)C2)cc1. The molecule has 0 spiro atoms. The van der Waals surface area contributed by atoms with Crippen molar-refractivity contribution in [2.24, 2.45) is 5.92 Å². The molecule has 2 rings (SSSR count). The highest BCUT2D eigenvalue weighted by molar-refractivity contribution is 5.92. The zero-order valence-electron chi connectivity index (χ0n) is 13.5. The average Bonchev–Trinajstić information content (AvgIpc) is 2.92. The minimum absolute atomic E-state index is 0.0255. The molecule has 1 aromatic rings. The molecule has 2 N–H and O–H groups in total. The molecule has 3 nitrogen and oxygen atoms in total. The molecule has 0 fully saturated rings. The van der Waals surface area contributed by atoms with E-state index in [1.165, 1.54) is 5.56 Å². The van der Waals surface area contributed by atoms with Crippen molar-refractivity contribution in [3.63, 3.8) is 0 Å². The van der Waals surface area contributed by atoms with Crippen molar-refractivity contribution in [1.29, 1.82) is 0 Å². The minimum atomic E-state index is -0.104. The second-order valence-corrected chi connectivity index (χ2v) is 6.88. The van der Waals surface area contributed by atoms with Gasteiger partial charge in [0.15, 0.2) is 0 Å². The van der Waals surface area contributed by atoms with E-state index in [4.69, 9.17) is 5.11 Å². The summed E-state index contributed by atoms with van der Waals surface area (Å²) >= 11 is 0. The highest BCUT2D eigenvalue weighted by Gasteiger charge is 2.18. The first-order valence-electron chi connectivity index (χ1n) is 7.77. The van der Waals surface area contributed by atoms with Crippen molar-refractivity contribution in [2.75, 3.05) is 6.61 Å². The van der Waals surface area contributed by atoms with Crippen molar-refractivity contribution in [3.05, 3.63) is 53.6 Å². The van der Waals surface area contributed by atoms with Crippen molar-refractivity contribution < 1.29 is 9.90 Å². The fraction of sp³-hybridized carbons (Fsp3) is 0.421. The number of carbonyl (C=O) groups excluding carboxylic acids is 1. The third kappa shape index (κ3) is 4.57. The van der Waals surface area contributed by atoms with Crippen molar-refractivity contribution >= 4 is 12.0 Å². The number of benzene rings is 1. The Morgan fingerprint density at radius 2 is 1.95 bits per heavy atom. The fourth-order valence-electron chi connectivity index (χ4n) is 2.51. The number of amides is 1. The van der Waals surface area contributed by atoms with Crippen LogP contribution in [-0.4, -0.2) is 23.7 Å². The third-order valence-corrected chi connectivity index (χ3v) is 3.94. The molecule has 1 aromatic carbocycles. The number of rotatable bonds is 4. The Balaban J connectivity index is 1.89. The Morgan fingerprint density at radius 3 is 2.50 bits per heavy atom. The molecule has 118 valence electrons. The molecular formula is C19H25NO2. The second-order valence-electron chi connectivity index (χ2n) is 6.88. The summed E-state index contributed by atoms with van der Waals surface area (Å²) in [6, 6.07) is 8.28. The van der Waals surface area contributed by atoms with Gasteiger partial charge in [-0.2, -0.15) is 0 Å². The lowest BCUT2D eigenvalue weighted by Gasteiger charge is -2.18. The lowest BCUT2D eigenvalue weighted by Crippen LogP contribution is -2.31. The number of aliphatic hydroxyl groups is 1. The number of aliphatic hydroxyl groups excluding tert-OH is 1. The molecule has 0 radical (unpaired) electrons. The molecule has 0 unspecified atom stereocenters. The van der Waals surface area contributed by atoms with Crippen LogP contribution < -0.4 is 5.32 Å². The van der Waals surface area contributed by atoms with Gasteiger partial charge in [-0.05, 0) is 29.0 Å². The molecule has 3 heteroatoms. The second kappa shape index (κ2) is 6.93. The standard InChI is InChI=1S/C19H25NO2/c1-19(2,3)16-8-4-14(5-9-16)7-11-18(22)20-17-10-6-15(12-17)13-21/h4-11,15,17,21H,12-13H2,1-3H3,(H,20,22)/b11-7+/t15-,17+/m0/s1. The predicted molar refractivity (Wildman–Crippen MR) is 90.4 cm³/mol. The van der Waals surface area contributed by atoms with Gasteiger partial charge in [-0.25, -0.2) is 0 Å². The zero-order chi connectivity index (χ0) is 16.2. The summed E-state index contributed by atoms with van der Waals surface area (Å²) in [4.78, 5) is 11.9. The highest BCUT2D eigenvalue weighted by Crippen LogP contribution is 2.22. The quantitative estimate of drug-likeness (QED) is 0.663. The smallest absolute Gasteiger partial charge is 0.244 e. The van der Waals surface area contributed by atoms with Gasteiger partial charge >= 0.3 is 0 Å². The van der Waals surface area contributed by atoms with E-state index >= 15 is 0 Å². The molecular weight excluding hydrogens is 274 g/mol. The largest absolute Gasteiger partial charge is 0.396 e. The molecule has 0 heterocycles. The Morgan fingerprint density at radius 1 is 1.27 bits per heavy atom. The van der Waals surface area contributed by atoms with Crippen LogP contribution in [0.1, 0.15) is 38.3 Å². The van der Waals surface area contributed by atoms with Crippen LogP contribution in [0.3, 0.4) is 0 Å². The summed E-state index contributed by atoms with van der Waals surface area (Å²) in [6.45, 7) is 6.68. The van der Waals surface area contributed by atoms with Crippen LogP contribution in [0, 0.1) is 5.92 Å². The molecule has 1 aliphatic carbocycles. The van der Waals surface area contributed by atoms with E-state index in [9.17, 15) is 4.79 Å². The van der Waals surface area contributed by atoms with Crippen LogP contribution in [0.25, 0.3) is 6.08 Å². The number of hydrogen-bond acceptors (Lipinski definition) is 2. The molecule has 0 saturated heterocycles. The monoisotopic (exact) mass is 299 g/mol. The number of hydrogen-bond donors (Lipinski definition) is 2. The summed E-state index contributed by atoms with van der Waals surface area (Å²) in [5.74, 6) is 0.0624. The summed E-state index contributed by atoms with van der Waals surface area (Å²) in [7, 11) is 0. The Bertz CT molecular complexity index is 564. The lowest BCUT2D eigenvalue weighted by molar-refractivity contribution is -0.116. The summed E-state index contributed by atoms with van der Waals surface area (Å²) in [5.41, 5.74) is 2.43. The first-order valence-corrected chi connectivity index (χ1v) is 7.77. The van der Waals surface area contributed by atoms with E-state index in [-0.39, 0.29) is 29.9 Å². The van der Waals surface area contributed by atoms with E-state index in [0.717, 1.165) is 12.0 Å². The van der Waals surface area contributed by atoms with Crippen LogP contribution in [0.2, 0.25) is 0 Å². The minimum Gasteiger partial charge on any atom is -0.396 e. The van der Waals surface area contributed by atoms with Gasteiger partial charge in [0.05, 0.1) is 0 Å². The summed E-state index contributed by atoms with van der Waals surface area (Å²) < 4.78 is 0. The van der Waals surface area contributed by atoms with E-state index in [0.29, 0.717) is 0 Å². The maximum atomic E-state index is 11.9. The van der Waals surface area contributed by atoms with Crippen LogP contribution in [0.5, 0.6) is 0 Å². The average molecular weight is 299 g/mol. The Kier molecular flexibility index (Phi) is 5.19. The molecule has 0 aromatic heterocycles. The lowest BCUT2D eigenvalue weighted by atomic mass is 9.87. The molecule has 1 amide bonds. The van der Waals surface area contributed by atoms with Gasteiger partial charge in [-0.1, -0.05) is 57.2 Å². The van der Waals surface area contributed by atoms with Gasteiger partial charge in [0.2, 0.25) is 5.91 Å². The zero-order valence-corrected chi connectivity index (χ0v) is 13.5. The number of carbonyl (C=O) groups is 1. The predicted octanol–water partition coefficient (Wildman–Crippen LogP) is 3.05. The van der Waals surface area contributed by atoms with Crippen LogP contribution in [0.4, 0.5) is 0 Å². The van der Waals surface area contributed by atoms with Crippen molar-refractivity contribution in [3.8, 4) is 0 Å². The Hall–Kier alpha value is -1.87. The molecule has 1 aliphatic rings. The van der Waals surface area contributed by atoms with E-state index in [2.05, 4.69) is 38.2 Å². The normalized spacial score (nSPS) is 21.5. The highest BCUT2D eigenvalue weighted by atomic mass is 16.3. The molecule has 0 aliphatic heterocycles.